The van der Waals surface area contributed by atoms with Gasteiger partial charge in [-0.3, -0.25) is 0 Å². The second-order valence-electron chi connectivity index (χ2n) is 4.44. The van der Waals surface area contributed by atoms with Crippen LogP contribution in [0.2, 0.25) is 0 Å². The summed E-state index contributed by atoms with van der Waals surface area (Å²) in [6.45, 7) is 1.93. The van der Waals surface area contributed by atoms with Gasteiger partial charge in [-0.05, 0) is 36.6 Å². The fourth-order valence-electron chi connectivity index (χ4n) is 2.32. The fourth-order valence-corrected chi connectivity index (χ4v) is 3.49. The Balaban J connectivity index is 1.61. The smallest absolute Gasteiger partial charge is 0.121 e. The maximum absolute atomic E-state index is 5.85. The standard InChI is InChI=1S/C13H17NOS/c1-2-12(16-7-1)9-15-11-4-3-10-5-6-14-13(10)8-11/h3-4,8,12,14H,1-2,5-7,9H2. The Kier molecular flexibility index (Phi) is 2.96. The Morgan fingerprint density at radius 2 is 2.44 bits per heavy atom. The number of rotatable bonds is 3. The first kappa shape index (κ1) is 10.3. The molecular weight excluding hydrogens is 218 g/mol. The molecule has 1 unspecified atom stereocenters. The number of nitrogens with one attached hydrogen (secondary N) is 1. The lowest BCUT2D eigenvalue weighted by Crippen LogP contribution is -2.10. The third-order valence-corrected chi connectivity index (χ3v) is 4.62. The van der Waals surface area contributed by atoms with Gasteiger partial charge in [0.15, 0.2) is 0 Å². The third kappa shape index (κ3) is 2.14. The molecule has 2 nitrogen and oxygen atoms in total. The lowest BCUT2D eigenvalue weighted by molar-refractivity contribution is 0.315. The van der Waals surface area contributed by atoms with Gasteiger partial charge in [-0.2, -0.15) is 11.8 Å². The molecule has 0 radical (unpaired) electrons. The highest BCUT2D eigenvalue weighted by Crippen LogP contribution is 2.29. The van der Waals surface area contributed by atoms with Gasteiger partial charge in [0.1, 0.15) is 12.4 Å². The molecule has 0 aromatic heterocycles. The Labute approximate surface area is 101 Å². The molecule has 1 fully saturated rings. The summed E-state index contributed by atoms with van der Waals surface area (Å²) in [5.41, 5.74) is 2.68. The second-order valence-corrected chi connectivity index (χ2v) is 5.85. The molecule has 1 atom stereocenters. The van der Waals surface area contributed by atoms with Crippen molar-refractivity contribution in [3.8, 4) is 5.75 Å². The average Bonchev–Trinajstić information content (AvgIpc) is 2.97. The van der Waals surface area contributed by atoms with Crippen LogP contribution < -0.4 is 10.1 Å². The van der Waals surface area contributed by atoms with Crippen LogP contribution in [0.3, 0.4) is 0 Å². The van der Waals surface area contributed by atoms with E-state index in [4.69, 9.17) is 4.74 Å². The van der Waals surface area contributed by atoms with Crippen molar-refractivity contribution in [2.75, 3.05) is 24.2 Å². The molecule has 1 saturated heterocycles. The van der Waals surface area contributed by atoms with E-state index in [0.29, 0.717) is 5.25 Å². The SMILES string of the molecule is c1cc2c(cc1OCC1CCCS1)NCC2. The molecule has 3 heteroatoms. The molecule has 1 N–H and O–H groups in total. The lowest BCUT2D eigenvalue weighted by Gasteiger charge is -2.11. The number of hydrogen-bond donors (Lipinski definition) is 1. The summed E-state index contributed by atoms with van der Waals surface area (Å²) >= 11 is 2.05. The Bertz CT molecular complexity index is 374. The van der Waals surface area contributed by atoms with Gasteiger partial charge < -0.3 is 10.1 Å². The predicted octanol–water partition coefficient (Wildman–Crippen LogP) is 2.93. The van der Waals surface area contributed by atoms with Crippen molar-refractivity contribution in [1.29, 1.82) is 0 Å². The van der Waals surface area contributed by atoms with Crippen LogP contribution in [0.15, 0.2) is 18.2 Å². The van der Waals surface area contributed by atoms with Crippen LogP contribution in [0.1, 0.15) is 18.4 Å². The summed E-state index contributed by atoms with van der Waals surface area (Å²) < 4.78 is 5.85. The second kappa shape index (κ2) is 4.58. The number of benzene rings is 1. The zero-order chi connectivity index (χ0) is 10.8. The summed E-state index contributed by atoms with van der Waals surface area (Å²) in [4.78, 5) is 0. The van der Waals surface area contributed by atoms with Crippen LogP contribution in [0.5, 0.6) is 5.75 Å². The van der Waals surface area contributed by atoms with Gasteiger partial charge in [-0.15, -0.1) is 0 Å². The Morgan fingerprint density at radius 1 is 1.44 bits per heavy atom. The first-order chi connectivity index (χ1) is 7.92. The Morgan fingerprint density at radius 3 is 3.31 bits per heavy atom. The largest absolute Gasteiger partial charge is 0.492 e. The minimum atomic E-state index is 0.709. The zero-order valence-electron chi connectivity index (χ0n) is 9.37. The number of fused-ring (bicyclic) bond motifs is 1. The molecule has 2 heterocycles. The summed E-state index contributed by atoms with van der Waals surface area (Å²) in [5.74, 6) is 2.32. The summed E-state index contributed by atoms with van der Waals surface area (Å²) in [7, 11) is 0. The zero-order valence-corrected chi connectivity index (χ0v) is 10.2. The van der Waals surface area contributed by atoms with Crippen LogP contribution in [0.4, 0.5) is 5.69 Å². The van der Waals surface area contributed by atoms with Crippen molar-refractivity contribution in [1.82, 2.24) is 0 Å². The van der Waals surface area contributed by atoms with E-state index in [-0.39, 0.29) is 0 Å². The number of anilines is 1. The molecule has 86 valence electrons. The lowest BCUT2D eigenvalue weighted by atomic mass is 10.1. The fraction of sp³-hybridized carbons (Fsp3) is 0.538. The van der Waals surface area contributed by atoms with E-state index < -0.39 is 0 Å². The molecule has 16 heavy (non-hydrogen) atoms. The van der Waals surface area contributed by atoms with Gasteiger partial charge in [-0.25, -0.2) is 0 Å². The van der Waals surface area contributed by atoms with Crippen molar-refractivity contribution in [2.24, 2.45) is 0 Å². The van der Waals surface area contributed by atoms with E-state index in [1.54, 1.807) is 0 Å². The monoisotopic (exact) mass is 235 g/mol. The predicted molar refractivity (Wildman–Crippen MR) is 69.6 cm³/mol. The van der Waals surface area contributed by atoms with E-state index in [1.165, 1.54) is 29.8 Å². The van der Waals surface area contributed by atoms with Crippen molar-refractivity contribution in [2.45, 2.75) is 24.5 Å². The minimum absolute atomic E-state index is 0.709. The minimum Gasteiger partial charge on any atom is -0.492 e. The topological polar surface area (TPSA) is 21.3 Å². The highest BCUT2D eigenvalue weighted by Gasteiger charge is 2.16. The summed E-state index contributed by atoms with van der Waals surface area (Å²) in [6.07, 6.45) is 3.81. The maximum atomic E-state index is 5.85. The number of ether oxygens (including phenoxy) is 1. The molecule has 0 saturated carbocycles. The molecule has 1 aromatic rings. The van der Waals surface area contributed by atoms with Crippen LogP contribution in [-0.2, 0) is 6.42 Å². The molecule has 0 bridgehead atoms. The van der Waals surface area contributed by atoms with Gasteiger partial charge >= 0.3 is 0 Å². The van der Waals surface area contributed by atoms with E-state index in [2.05, 4.69) is 23.5 Å². The average molecular weight is 235 g/mol. The van der Waals surface area contributed by atoms with Crippen molar-refractivity contribution < 1.29 is 4.74 Å². The highest BCUT2D eigenvalue weighted by atomic mass is 32.2. The van der Waals surface area contributed by atoms with E-state index in [1.807, 2.05) is 11.8 Å². The third-order valence-electron chi connectivity index (χ3n) is 3.25. The van der Waals surface area contributed by atoms with Crippen molar-refractivity contribution in [3.05, 3.63) is 23.8 Å². The normalized spacial score (nSPS) is 22.9. The first-order valence-corrected chi connectivity index (χ1v) is 7.08. The highest BCUT2D eigenvalue weighted by molar-refractivity contribution is 8.00. The van der Waals surface area contributed by atoms with E-state index in [9.17, 15) is 0 Å². The number of thioether (sulfide) groups is 1. The number of hydrogen-bond acceptors (Lipinski definition) is 3. The molecular formula is C13H17NOS. The molecule has 1 aromatic carbocycles. The Hall–Kier alpha value is -0.830. The van der Waals surface area contributed by atoms with Crippen molar-refractivity contribution >= 4 is 17.4 Å². The van der Waals surface area contributed by atoms with Gasteiger partial charge in [0, 0.05) is 23.5 Å². The van der Waals surface area contributed by atoms with Crippen LogP contribution in [0, 0.1) is 0 Å². The molecule has 0 aliphatic carbocycles. The van der Waals surface area contributed by atoms with Crippen LogP contribution >= 0.6 is 11.8 Å². The van der Waals surface area contributed by atoms with Gasteiger partial charge in [-0.1, -0.05) is 6.07 Å². The van der Waals surface area contributed by atoms with Crippen LogP contribution in [0.25, 0.3) is 0 Å². The van der Waals surface area contributed by atoms with E-state index in [0.717, 1.165) is 25.3 Å². The molecule has 2 aliphatic rings. The first-order valence-electron chi connectivity index (χ1n) is 6.03. The molecule has 0 spiro atoms. The van der Waals surface area contributed by atoms with Gasteiger partial charge in [0.2, 0.25) is 0 Å². The molecule has 2 aliphatic heterocycles. The molecule has 0 amide bonds. The quantitative estimate of drug-likeness (QED) is 0.870. The van der Waals surface area contributed by atoms with Gasteiger partial charge in [0.05, 0.1) is 0 Å². The summed E-state index contributed by atoms with van der Waals surface area (Å²) in [6, 6.07) is 6.43. The van der Waals surface area contributed by atoms with Crippen LogP contribution in [-0.4, -0.2) is 24.2 Å². The van der Waals surface area contributed by atoms with E-state index >= 15 is 0 Å². The maximum Gasteiger partial charge on any atom is 0.121 e. The molecule has 3 rings (SSSR count). The summed E-state index contributed by atoms with van der Waals surface area (Å²) in [5, 5.41) is 4.09. The van der Waals surface area contributed by atoms with Gasteiger partial charge in [0.25, 0.3) is 0 Å². The van der Waals surface area contributed by atoms with Crippen molar-refractivity contribution in [3.63, 3.8) is 0 Å².